The molecule has 0 aliphatic carbocycles. The van der Waals surface area contributed by atoms with Crippen LogP contribution in [0.2, 0.25) is 15.1 Å². The first-order valence-corrected chi connectivity index (χ1v) is 8.88. The van der Waals surface area contributed by atoms with Gasteiger partial charge in [0.1, 0.15) is 0 Å². The predicted molar refractivity (Wildman–Crippen MR) is 95.9 cm³/mol. The summed E-state index contributed by atoms with van der Waals surface area (Å²) in [5.41, 5.74) is 0.556. The van der Waals surface area contributed by atoms with Crippen LogP contribution in [0.4, 0.5) is 5.69 Å². The number of halogens is 3. The Balaban J connectivity index is 1.84. The van der Waals surface area contributed by atoms with E-state index in [1.54, 1.807) is 17.9 Å². The molecule has 1 heterocycles. The molecule has 5 nitrogen and oxygen atoms in total. The van der Waals surface area contributed by atoms with Gasteiger partial charge in [0.2, 0.25) is 5.91 Å². The SMILES string of the molecule is CCOC(=O)C1CCN(C(=O)CNc2cc(Cl)c(Cl)cc2Cl)CC1. The molecule has 24 heavy (non-hydrogen) atoms. The first-order chi connectivity index (χ1) is 11.4. The molecule has 1 amide bonds. The van der Waals surface area contributed by atoms with Crippen LogP contribution in [0.5, 0.6) is 0 Å². The molecular weight excluding hydrogens is 375 g/mol. The molecule has 1 aromatic rings. The molecular formula is C16H19Cl3N2O3. The summed E-state index contributed by atoms with van der Waals surface area (Å²) in [5.74, 6) is -0.351. The highest BCUT2D eigenvalue weighted by Crippen LogP contribution is 2.32. The number of rotatable bonds is 5. The van der Waals surface area contributed by atoms with Crippen molar-refractivity contribution < 1.29 is 14.3 Å². The molecule has 0 aromatic heterocycles. The number of carbonyl (C=O) groups is 2. The number of hydrogen-bond donors (Lipinski definition) is 1. The predicted octanol–water partition coefficient (Wildman–Crippen LogP) is 3.86. The molecule has 1 aromatic carbocycles. The Morgan fingerprint density at radius 3 is 2.42 bits per heavy atom. The molecule has 0 atom stereocenters. The number of amides is 1. The average Bonchev–Trinajstić information content (AvgIpc) is 2.57. The molecule has 0 bridgehead atoms. The number of nitrogens with zero attached hydrogens (tertiary/aromatic N) is 1. The van der Waals surface area contributed by atoms with Gasteiger partial charge >= 0.3 is 5.97 Å². The molecule has 8 heteroatoms. The van der Waals surface area contributed by atoms with E-state index >= 15 is 0 Å². The number of anilines is 1. The van der Waals surface area contributed by atoms with Crippen LogP contribution in [0.25, 0.3) is 0 Å². The lowest BCUT2D eigenvalue weighted by atomic mass is 9.97. The molecule has 1 N–H and O–H groups in total. The van der Waals surface area contributed by atoms with Crippen molar-refractivity contribution in [2.75, 3.05) is 31.6 Å². The van der Waals surface area contributed by atoms with E-state index in [4.69, 9.17) is 39.5 Å². The molecule has 132 valence electrons. The molecule has 0 spiro atoms. The van der Waals surface area contributed by atoms with Gasteiger partial charge in [-0.3, -0.25) is 9.59 Å². The Hall–Kier alpha value is -1.17. The van der Waals surface area contributed by atoms with Crippen LogP contribution < -0.4 is 5.32 Å². The van der Waals surface area contributed by atoms with Gasteiger partial charge in [-0.1, -0.05) is 34.8 Å². The quantitative estimate of drug-likeness (QED) is 0.609. The largest absolute Gasteiger partial charge is 0.466 e. The van der Waals surface area contributed by atoms with Crippen LogP contribution >= 0.6 is 34.8 Å². The van der Waals surface area contributed by atoms with E-state index in [1.165, 1.54) is 6.07 Å². The number of hydrogen-bond acceptors (Lipinski definition) is 4. The summed E-state index contributed by atoms with van der Waals surface area (Å²) in [6.45, 7) is 3.35. The Morgan fingerprint density at radius 1 is 1.17 bits per heavy atom. The summed E-state index contributed by atoms with van der Waals surface area (Å²) in [4.78, 5) is 25.7. The fourth-order valence-corrected chi connectivity index (χ4v) is 3.18. The van der Waals surface area contributed by atoms with E-state index in [9.17, 15) is 9.59 Å². The number of carbonyl (C=O) groups excluding carboxylic acids is 2. The molecule has 1 aliphatic heterocycles. The Morgan fingerprint density at radius 2 is 1.79 bits per heavy atom. The highest BCUT2D eigenvalue weighted by atomic mass is 35.5. The zero-order valence-corrected chi connectivity index (χ0v) is 15.5. The van der Waals surface area contributed by atoms with Crippen LogP contribution in [0.1, 0.15) is 19.8 Å². The molecule has 1 fully saturated rings. The first kappa shape index (κ1) is 19.2. The third-order valence-corrected chi connectivity index (χ3v) is 4.94. The third-order valence-electron chi connectivity index (χ3n) is 3.91. The number of benzene rings is 1. The van der Waals surface area contributed by atoms with Crippen LogP contribution in [0.15, 0.2) is 12.1 Å². The van der Waals surface area contributed by atoms with Gasteiger partial charge < -0.3 is 15.0 Å². The second kappa shape index (κ2) is 8.79. The lowest BCUT2D eigenvalue weighted by Gasteiger charge is -2.31. The fourth-order valence-electron chi connectivity index (χ4n) is 2.57. The Kier molecular flexibility index (Phi) is 7.02. The molecule has 0 unspecified atom stereocenters. The van der Waals surface area contributed by atoms with Gasteiger partial charge in [0.05, 0.1) is 39.8 Å². The molecule has 1 aliphatic rings. The van der Waals surface area contributed by atoms with Gasteiger partial charge in [-0.05, 0) is 31.9 Å². The third kappa shape index (κ3) is 4.91. The number of piperidine rings is 1. The minimum Gasteiger partial charge on any atom is -0.466 e. The van der Waals surface area contributed by atoms with E-state index < -0.39 is 0 Å². The maximum atomic E-state index is 12.3. The fraction of sp³-hybridized carbons (Fsp3) is 0.500. The van der Waals surface area contributed by atoms with Crippen molar-refractivity contribution in [3.63, 3.8) is 0 Å². The zero-order valence-electron chi connectivity index (χ0n) is 13.3. The minimum absolute atomic E-state index is 0.0561. The minimum atomic E-state index is -0.176. The van der Waals surface area contributed by atoms with Gasteiger partial charge in [0.25, 0.3) is 0 Å². The number of nitrogens with one attached hydrogen (secondary N) is 1. The topological polar surface area (TPSA) is 58.6 Å². The maximum Gasteiger partial charge on any atom is 0.309 e. The van der Waals surface area contributed by atoms with Crippen molar-refractivity contribution in [3.05, 3.63) is 27.2 Å². The van der Waals surface area contributed by atoms with Gasteiger partial charge in [0, 0.05) is 13.1 Å². The van der Waals surface area contributed by atoms with Crippen molar-refractivity contribution in [2.24, 2.45) is 5.92 Å². The van der Waals surface area contributed by atoms with Crippen molar-refractivity contribution in [3.8, 4) is 0 Å². The molecule has 0 radical (unpaired) electrons. The molecule has 0 saturated carbocycles. The number of esters is 1. The van der Waals surface area contributed by atoms with Crippen LogP contribution in [-0.4, -0.2) is 43.0 Å². The monoisotopic (exact) mass is 392 g/mol. The Labute approximate surface area is 156 Å². The lowest BCUT2D eigenvalue weighted by molar-refractivity contribution is -0.151. The van der Waals surface area contributed by atoms with Gasteiger partial charge in [-0.25, -0.2) is 0 Å². The second-order valence-corrected chi connectivity index (χ2v) is 6.73. The van der Waals surface area contributed by atoms with E-state index in [0.29, 0.717) is 53.3 Å². The van der Waals surface area contributed by atoms with Crippen molar-refractivity contribution in [1.29, 1.82) is 0 Å². The van der Waals surface area contributed by atoms with E-state index in [0.717, 1.165) is 0 Å². The van der Waals surface area contributed by atoms with E-state index in [-0.39, 0.29) is 24.3 Å². The van der Waals surface area contributed by atoms with Gasteiger partial charge in [-0.2, -0.15) is 0 Å². The Bertz CT molecular complexity index is 617. The number of likely N-dealkylation sites (tertiary alicyclic amines) is 1. The van der Waals surface area contributed by atoms with E-state index in [1.807, 2.05) is 0 Å². The van der Waals surface area contributed by atoms with Crippen molar-refractivity contribution in [2.45, 2.75) is 19.8 Å². The average molecular weight is 394 g/mol. The van der Waals surface area contributed by atoms with Crippen molar-refractivity contribution >= 4 is 52.4 Å². The standard InChI is InChI=1S/C16H19Cl3N2O3/c1-2-24-16(23)10-3-5-21(6-4-10)15(22)9-20-14-8-12(18)11(17)7-13(14)19/h7-8,10,20H,2-6,9H2,1H3. The summed E-state index contributed by atoms with van der Waals surface area (Å²) >= 11 is 17.9. The lowest BCUT2D eigenvalue weighted by Crippen LogP contribution is -2.43. The summed E-state index contributed by atoms with van der Waals surface area (Å²) in [7, 11) is 0. The smallest absolute Gasteiger partial charge is 0.309 e. The summed E-state index contributed by atoms with van der Waals surface area (Å²) in [6, 6.07) is 3.12. The normalized spacial score (nSPS) is 15.2. The van der Waals surface area contributed by atoms with Crippen LogP contribution in [0.3, 0.4) is 0 Å². The second-order valence-electron chi connectivity index (χ2n) is 5.51. The molecule has 1 saturated heterocycles. The highest BCUT2D eigenvalue weighted by Gasteiger charge is 2.28. The first-order valence-electron chi connectivity index (χ1n) is 7.75. The van der Waals surface area contributed by atoms with Crippen molar-refractivity contribution in [1.82, 2.24) is 4.90 Å². The maximum absolute atomic E-state index is 12.3. The highest BCUT2D eigenvalue weighted by molar-refractivity contribution is 6.44. The van der Waals surface area contributed by atoms with Crippen LogP contribution in [-0.2, 0) is 14.3 Å². The summed E-state index contributed by atoms with van der Waals surface area (Å²) in [5, 5.41) is 4.10. The summed E-state index contributed by atoms with van der Waals surface area (Å²) in [6.07, 6.45) is 1.25. The zero-order chi connectivity index (χ0) is 17.7. The van der Waals surface area contributed by atoms with Gasteiger partial charge in [-0.15, -0.1) is 0 Å². The van der Waals surface area contributed by atoms with Crippen LogP contribution in [0, 0.1) is 5.92 Å². The van der Waals surface area contributed by atoms with E-state index in [2.05, 4.69) is 5.32 Å². The summed E-state index contributed by atoms with van der Waals surface area (Å²) < 4.78 is 5.02. The van der Waals surface area contributed by atoms with Gasteiger partial charge in [0.15, 0.2) is 0 Å². The molecule has 2 rings (SSSR count). The number of ether oxygens (including phenoxy) is 1.